The fraction of sp³-hybridized carbons (Fsp3) is 1.00. The largest absolute Gasteiger partial charge is 0.147 e. The van der Waals surface area contributed by atoms with E-state index in [0.717, 1.165) is 0 Å². The molecule has 0 aromatic heterocycles. The zero-order chi connectivity index (χ0) is 11.2. The fourth-order valence-corrected chi connectivity index (χ4v) is 5.96. The van der Waals surface area contributed by atoms with Gasteiger partial charge in [0, 0.05) is 0 Å². The second-order valence-electron chi connectivity index (χ2n) is 3.55. The highest BCUT2D eigenvalue weighted by atomic mass is 33.1. The Morgan fingerprint density at radius 2 is 1.07 bits per heavy atom. The van der Waals surface area contributed by atoms with Crippen molar-refractivity contribution in [2.75, 3.05) is 12.5 Å². The Morgan fingerprint density at radius 1 is 0.786 bits per heavy atom. The SMILES string of the molecule is CCC(C)(SC)SSC(C)(CC)SC. The van der Waals surface area contributed by atoms with Gasteiger partial charge in [0.2, 0.25) is 0 Å². The minimum Gasteiger partial charge on any atom is -0.147 e. The fourth-order valence-electron chi connectivity index (χ4n) is 0.651. The monoisotopic (exact) mass is 270 g/mol. The van der Waals surface area contributed by atoms with E-state index in [1.165, 1.54) is 12.8 Å². The molecule has 0 fully saturated rings. The second-order valence-corrected chi connectivity index (χ2v) is 9.82. The molecule has 0 aliphatic carbocycles. The maximum atomic E-state index is 2.34. The predicted molar refractivity (Wildman–Crippen MR) is 79.6 cm³/mol. The van der Waals surface area contributed by atoms with Crippen molar-refractivity contribution in [1.29, 1.82) is 0 Å². The molecular formula is C10H22S4. The summed E-state index contributed by atoms with van der Waals surface area (Å²) in [5, 5.41) is 0. The molecule has 0 aliphatic rings. The Kier molecular flexibility index (Phi) is 7.56. The summed E-state index contributed by atoms with van der Waals surface area (Å²) in [6.07, 6.45) is 6.86. The summed E-state index contributed by atoms with van der Waals surface area (Å²) >= 11 is 3.93. The van der Waals surface area contributed by atoms with E-state index in [0.29, 0.717) is 8.16 Å². The smallest absolute Gasteiger partial charge is 0.0681 e. The first-order valence-corrected chi connectivity index (χ1v) is 9.52. The number of hydrogen-bond donors (Lipinski definition) is 0. The van der Waals surface area contributed by atoms with Crippen LogP contribution in [-0.2, 0) is 0 Å². The summed E-state index contributed by atoms with van der Waals surface area (Å²) in [7, 11) is 4.08. The first kappa shape index (κ1) is 15.4. The van der Waals surface area contributed by atoms with Gasteiger partial charge in [0.25, 0.3) is 0 Å². The zero-order valence-corrected chi connectivity index (χ0v) is 13.3. The molecule has 0 amide bonds. The molecule has 2 atom stereocenters. The average Bonchev–Trinajstić information content (AvgIpc) is 2.25. The number of hydrogen-bond acceptors (Lipinski definition) is 4. The molecule has 0 aliphatic heterocycles. The predicted octanol–water partition coefficient (Wildman–Crippen LogP) is 5.35. The Labute approximate surface area is 106 Å². The third-order valence-electron chi connectivity index (χ3n) is 2.54. The first-order valence-electron chi connectivity index (χ1n) is 4.92. The molecule has 4 heteroatoms. The van der Waals surface area contributed by atoms with Gasteiger partial charge in [-0.2, -0.15) is 0 Å². The van der Waals surface area contributed by atoms with Crippen LogP contribution in [0.5, 0.6) is 0 Å². The standard InChI is InChI=1S/C10H22S4/c1-7-9(3,11-5)13-14-10(4,8-2)12-6/h7-8H2,1-6H3. The lowest BCUT2D eigenvalue weighted by molar-refractivity contribution is 0.846. The summed E-state index contributed by atoms with van der Waals surface area (Å²) in [5.41, 5.74) is 0. The molecule has 2 unspecified atom stereocenters. The number of thioether (sulfide) groups is 2. The molecule has 0 N–H and O–H groups in total. The van der Waals surface area contributed by atoms with Crippen molar-refractivity contribution in [3.05, 3.63) is 0 Å². The van der Waals surface area contributed by atoms with E-state index in [1.54, 1.807) is 0 Å². The van der Waals surface area contributed by atoms with Gasteiger partial charge >= 0.3 is 0 Å². The maximum absolute atomic E-state index is 2.34. The quantitative estimate of drug-likeness (QED) is 0.452. The lowest BCUT2D eigenvalue weighted by Gasteiger charge is -2.31. The van der Waals surface area contributed by atoms with Gasteiger partial charge in [0.05, 0.1) is 8.16 Å². The molecule has 0 heterocycles. The first-order chi connectivity index (χ1) is 6.45. The van der Waals surface area contributed by atoms with Gasteiger partial charge in [-0.25, -0.2) is 0 Å². The Bertz CT molecular complexity index is 132. The maximum Gasteiger partial charge on any atom is 0.0681 e. The van der Waals surface area contributed by atoms with Crippen LogP contribution in [0.15, 0.2) is 0 Å². The van der Waals surface area contributed by atoms with E-state index in [4.69, 9.17) is 0 Å². The van der Waals surface area contributed by atoms with Gasteiger partial charge in [0.15, 0.2) is 0 Å². The summed E-state index contributed by atoms with van der Waals surface area (Å²) in [6.45, 7) is 9.22. The highest BCUT2D eigenvalue weighted by molar-refractivity contribution is 8.80. The highest BCUT2D eigenvalue weighted by Gasteiger charge is 2.28. The average molecular weight is 271 g/mol. The van der Waals surface area contributed by atoms with Crippen LogP contribution < -0.4 is 0 Å². The van der Waals surface area contributed by atoms with Crippen LogP contribution >= 0.6 is 45.1 Å². The van der Waals surface area contributed by atoms with Crippen molar-refractivity contribution in [3.8, 4) is 0 Å². The van der Waals surface area contributed by atoms with Gasteiger partial charge < -0.3 is 0 Å². The van der Waals surface area contributed by atoms with Gasteiger partial charge in [0.1, 0.15) is 0 Å². The molecule has 0 saturated carbocycles. The molecule has 0 spiro atoms. The lowest BCUT2D eigenvalue weighted by atomic mass is 10.4. The molecule has 0 rings (SSSR count). The van der Waals surface area contributed by atoms with Crippen molar-refractivity contribution in [3.63, 3.8) is 0 Å². The molecule has 86 valence electrons. The van der Waals surface area contributed by atoms with Gasteiger partial charge in [-0.05, 0) is 39.2 Å². The van der Waals surface area contributed by atoms with Crippen molar-refractivity contribution in [2.24, 2.45) is 0 Å². The van der Waals surface area contributed by atoms with E-state index < -0.39 is 0 Å². The topological polar surface area (TPSA) is 0 Å². The molecule has 0 radical (unpaired) electrons. The van der Waals surface area contributed by atoms with Crippen LogP contribution in [0.1, 0.15) is 40.5 Å². The Morgan fingerprint density at radius 3 is 1.21 bits per heavy atom. The third kappa shape index (κ3) is 4.95. The van der Waals surface area contributed by atoms with E-state index in [2.05, 4.69) is 40.2 Å². The zero-order valence-electron chi connectivity index (χ0n) is 10.0. The summed E-state index contributed by atoms with van der Waals surface area (Å²) in [6, 6.07) is 0. The van der Waals surface area contributed by atoms with Crippen LogP contribution in [0.4, 0.5) is 0 Å². The van der Waals surface area contributed by atoms with Crippen LogP contribution in [0, 0.1) is 0 Å². The molecule has 0 bridgehead atoms. The minimum absolute atomic E-state index is 0.372. The second kappa shape index (κ2) is 6.87. The van der Waals surface area contributed by atoms with Crippen LogP contribution in [0.3, 0.4) is 0 Å². The highest BCUT2D eigenvalue weighted by Crippen LogP contribution is 2.53. The Hall–Kier alpha value is 1.40. The van der Waals surface area contributed by atoms with Crippen molar-refractivity contribution < 1.29 is 0 Å². The van der Waals surface area contributed by atoms with Crippen molar-refractivity contribution in [2.45, 2.75) is 48.7 Å². The van der Waals surface area contributed by atoms with E-state index in [9.17, 15) is 0 Å². The summed E-state index contributed by atoms with van der Waals surface area (Å²) < 4.78 is 0.744. The van der Waals surface area contributed by atoms with Crippen LogP contribution in [0.25, 0.3) is 0 Å². The molecular weight excluding hydrogens is 248 g/mol. The van der Waals surface area contributed by atoms with Crippen molar-refractivity contribution in [1.82, 2.24) is 0 Å². The molecule has 0 nitrogen and oxygen atoms in total. The molecule has 14 heavy (non-hydrogen) atoms. The van der Waals surface area contributed by atoms with E-state index in [1.807, 2.05) is 45.1 Å². The van der Waals surface area contributed by atoms with Gasteiger partial charge in [-0.3, -0.25) is 0 Å². The normalized spacial score (nSPS) is 20.1. The van der Waals surface area contributed by atoms with Crippen LogP contribution in [0.2, 0.25) is 0 Å². The molecule has 0 aromatic rings. The summed E-state index contributed by atoms with van der Waals surface area (Å²) in [4.78, 5) is 0. The van der Waals surface area contributed by atoms with E-state index >= 15 is 0 Å². The molecule has 0 saturated heterocycles. The number of rotatable bonds is 7. The third-order valence-corrected chi connectivity index (χ3v) is 10.8. The minimum atomic E-state index is 0.372. The van der Waals surface area contributed by atoms with Gasteiger partial charge in [-0.1, -0.05) is 35.4 Å². The summed E-state index contributed by atoms with van der Waals surface area (Å²) in [5.74, 6) is 0. The van der Waals surface area contributed by atoms with E-state index in [-0.39, 0.29) is 0 Å². The molecule has 0 aromatic carbocycles. The van der Waals surface area contributed by atoms with Gasteiger partial charge in [-0.15, -0.1) is 23.5 Å². The van der Waals surface area contributed by atoms with Crippen molar-refractivity contribution >= 4 is 45.1 Å². The van der Waals surface area contributed by atoms with Crippen LogP contribution in [-0.4, -0.2) is 20.7 Å². The Balaban J connectivity index is 4.14. The lowest BCUT2D eigenvalue weighted by Crippen LogP contribution is -2.16.